The summed E-state index contributed by atoms with van der Waals surface area (Å²) in [6.07, 6.45) is 0. The second-order valence-corrected chi connectivity index (χ2v) is 7.91. The molecule has 1 amide bonds. The van der Waals surface area contributed by atoms with Gasteiger partial charge in [0.1, 0.15) is 5.75 Å². The quantitative estimate of drug-likeness (QED) is 0.575. The molecule has 0 spiro atoms. The van der Waals surface area contributed by atoms with Crippen LogP contribution >= 0.6 is 11.8 Å². The standard InChI is InChI=1S/C21H22N4O4S/c1-4-25-19(14-6-5-7-16(10-14)27-3)23-24-21(25)30-13(2)20(26)22-15-8-9-17-18(11-15)29-12-28-17/h5-11,13H,4,12H2,1-3H3,(H,22,26)/t13-/m1/s1. The predicted molar refractivity (Wildman–Crippen MR) is 114 cm³/mol. The zero-order valence-corrected chi connectivity index (χ0v) is 17.7. The Bertz CT molecular complexity index is 1070. The zero-order chi connectivity index (χ0) is 21.1. The number of ether oxygens (including phenoxy) is 3. The first-order valence-corrected chi connectivity index (χ1v) is 10.4. The van der Waals surface area contributed by atoms with Gasteiger partial charge in [-0.3, -0.25) is 4.79 Å². The van der Waals surface area contributed by atoms with E-state index < -0.39 is 0 Å². The maximum atomic E-state index is 12.7. The molecule has 156 valence electrons. The van der Waals surface area contributed by atoms with Crippen LogP contribution in [0.5, 0.6) is 17.2 Å². The van der Waals surface area contributed by atoms with Crippen LogP contribution in [-0.4, -0.2) is 39.8 Å². The van der Waals surface area contributed by atoms with Crippen molar-refractivity contribution in [2.24, 2.45) is 0 Å². The van der Waals surface area contributed by atoms with Crippen molar-refractivity contribution in [1.82, 2.24) is 14.8 Å². The lowest BCUT2D eigenvalue weighted by Gasteiger charge is -2.13. The van der Waals surface area contributed by atoms with E-state index >= 15 is 0 Å². The SMILES string of the molecule is CCn1c(S[C@H](C)C(=O)Nc2ccc3c(c2)OCO3)nnc1-c1cccc(OC)c1. The number of fused-ring (bicyclic) bond motifs is 1. The van der Waals surface area contributed by atoms with E-state index in [4.69, 9.17) is 14.2 Å². The molecule has 2 aromatic carbocycles. The monoisotopic (exact) mass is 426 g/mol. The van der Waals surface area contributed by atoms with E-state index in [-0.39, 0.29) is 18.0 Å². The fraction of sp³-hybridized carbons (Fsp3) is 0.286. The van der Waals surface area contributed by atoms with Crippen molar-refractivity contribution in [2.75, 3.05) is 19.2 Å². The van der Waals surface area contributed by atoms with Crippen molar-refractivity contribution in [3.63, 3.8) is 0 Å². The Morgan fingerprint density at radius 1 is 1.23 bits per heavy atom. The largest absolute Gasteiger partial charge is 0.497 e. The van der Waals surface area contributed by atoms with Crippen LogP contribution in [-0.2, 0) is 11.3 Å². The highest BCUT2D eigenvalue weighted by Gasteiger charge is 2.21. The molecule has 1 aliphatic heterocycles. The number of rotatable bonds is 7. The number of anilines is 1. The lowest BCUT2D eigenvalue weighted by molar-refractivity contribution is -0.115. The molecule has 0 radical (unpaired) electrons. The first-order chi connectivity index (χ1) is 14.6. The van der Waals surface area contributed by atoms with E-state index in [0.717, 1.165) is 17.1 Å². The summed E-state index contributed by atoms with van der Waals surface area (Å²) in [5.74, 6) is 2.66. The number of hydrogen-bond donors (Lipinski definition) is 1. The molecule has 2 heterocycles. The van der Waals surface area contributed by atoms with Crippen LogP contribution in [0, 0.1) is 0 Å². The highest BCUT2D eigenvalue weighted by Crippen LogP contribution is 2.35. The van der Waals surface area contributed by atoms with Gasteiger partial charge in [0.25, 0.3) is 0 Å². The number of carbonyl (C=O) groups is 1. The zero-order valence-electron chi connectivity index (χ0n) is 16.9. The van der Waals surface area contributed by atoms with Crippen LogP contribution < -0.4 is 19.5 Å². The first-order valence-electron chi connectivity index (χ1n) is 9.54. The summed E-state index contributed by atoms with van der Waals surface area (Å²) < 4.78 is 18.0. The van der Waals surface area contributed by atoms with Gasteiger partial charge in [-0.15, -0.1) is 10.2 Å². The molecular weight excluding hydrogens is 404 g/mol. The van der Waals surface area contributed by atoms with Crippen molar-refractivity contribution >= 4 is 23.4 Å². The second-order valence-electron chi connectivity index (χ2n) is 6.60. The molecule has 0 unspecified atom stereocenters. The number of aromatic nitrogens is 3. The number of benzene rings is 2. The van der Waals surface area contributed by atoms with Crippen molar-refractivity contribution < 1.29 is 19.0 Å². The molecule has 30 heavy (non-hydrogen) atoms. The molecule has 0 fully saturated rings. The van der Waals surface area contributed by atoms with Gasteiger partial charge in [0.2, 0.25) is 12.7 Å². The smallest absolute Gasteiger partial charge is 0.237 e. The van der Waals surface area contributed by atoms with E-state index in [1.807, 2.05) is 42.7 Å². The molecule has 4 rings (SSSR count). The van der Waals surface area contributed by atoms with Crippen LogP contribution in [0.1, 0.15) is 13.8 Å². The molecule has 0 bridgehead atoms. The third kappa shape index (κ3) is 4.06. The molecule has 0 aliphatic carbocycles. The van der Waals surface area contributed by atoms with Gasteiger partial charge >= 0.3 is 0 Å². The average molecular weight is 426 g/mol. The summed E-state index contributed by atoms with van der Waals surface area (Å²) >= 11 is 1.36. The van der Waals surface area contributed by atoms with Crippen LogP contribution in [0.2, 0.25) is 0 Å². The maximum absolute atomic E-state index is 12.7. The molecule has 1 atom stereocenters. The van der Waals surface area contributed by atoms with Crippen LogP contribution in [0.3, 0.4) is 0 Å². The van der Waals surface area contributed by atoms with Gasteiger partial charge in [-0.05, 0) is 38.1 Å². The third-order valence-electron chi connectivity index (χ3n) is 4.65. The number of methoxy groups -OCH3 is 1. The van der Waals surface area contributed by atoms with E-state index in [9.17, 15) is 4.79 Å². The minimum Gasteiger partial charge on any atom is -0.497 e. The Morgan fingerprint density at radius 2 is 2.07 bits per heavy atom. The van der Waals surface area contributed by atoms with Crippen molar-refractivity contribution in [3.8, 4) is 28.6 Å². The predicted octanol–water partition coefficient (Wildman–Crippen LogP) is 3.82. The molecule has 1 aromatic heterocycles. The van der Waals surface area contributed by atoms with Crippen molar-refractivity contribution in [1.29, 1.82) is 0 Å². The number of amides is 1. The average Bonchev–Trinajstić information content (AvgIpc) is 3.39. The second kappa shape index (κ2) is 8.66. The molecular formula is C21H22N4O4S. The molecule has 0 saturated heterocycles. The Morgan fingerprint density at radius 3 is 2.87 bits per heavy atom. The van der Waals surface area contributed by atoms with Gasteiger partial charge in [-0.2, -0.15) is 0 Å². The van der Waals surface area contributed by atoms with Gasteiger partial charge in [-0.1, -0.05) is 23.9 Å². The van der Waals surface area contributed by atoms with Gasteiger partial charge < -0.3 is 24.1 Å². The van der Waals surface area contributed by atoms with Crippen LogP contribution in [0.4, 0.5) is 5.69 Å². The topological polar surface area (TPSA) is 87.5 Å². The van der Waals surface area contributed by atoms with Gasteiger partial charge in [0.05, 0.1) is 12.4 Å². The normalized spacial score (nSPS) is 13.2. The highest BCUT2D eigenvalue weighted by molar-refractivity contribution is 8.00. The molecule has 1 N–H and O–H groups in total. The van der Waals surface area contributed by atoms with Gasteiger partial charge in [-0.25, -0.2) is 0 Å². The summed E-state index contributed by atoms with van der Waals surface area (Å²) in [6, 6.07) is 13.0. The highest BCUT2D eigenvalue weighted by atomic mass is 32.2. The minimum absolute atomic E-state index is 0.132. The summed E-state index contributed by atoms with van der Waals surface area (Å²) in [4.78, 5) is 12.7. The van der Waals surface area contributed by atoms with E-state index in [0.29, 0.717) is 28.9 Å². The minimum atomic E-state index is -0.372. The van der Waals surface area contributed by atoms with Crippen LogP contribution in [0.15, 0.2) is 47.6 Å². The Hall–Kier alpha value is -3.20. The molecule has 3 aromatic rings. The fourth-order valence-electron chi connectivity index (χ4n) is 3.07. The summed E-state index contributed by atoms with van der Waals surface area (Å²) in [7, 11) is 1.63. The number of hydrogen-bond acceptors (Lipinski definition) is 7. The summed E-state index contributed by atoms with van der Waals surface area (Å²) in [5, 5.41) is 11.9. The lowest BCUT2D eigenvalue weighted by atomic mass is 10.2. The van der Waals surface area contributed by atoms with E-state index in [1.54, 1.807) is 25.3 Å². The van der Waals surface area contributed by atoms with Gasteiger partial charge in [0.15, 0.2) is 22.5 Å². The fourth-order valence-corrected chi connectivity index (χ4v) is 3.98. The first kappa shape index (κ1) is 20.1. The molecule has 8 nitrogen and oxygen atoms in total. The van der Waals surface area contributed by atoms with Crippen molar-refractivity contribution in [2.45, 2.75) is 30.8 Å². The van der Waals surface area contributed by atoms with E-state index in [1.165, 1.54) is 11.8 Å². The molecule has 1 aliphatic rings. The maximum Gasteiger partial charge on any atom is 0.237 e. The molecule has 9 heteroatoms. The number of nitrogens with zero attached hydrogens (tertiary/aromatic N) is 3. The third-order valence-corrected chi connectivity index (χ3v) is 5.73. The number of thioether (sulfide) groups is 1. The Balaban J connectivity index is 1.48. The summed E-state index contributed by atoms with van der Waals surface area (Å²) in [6.45, 7) is 4.74. The van der Waals surface area contributed by atoms with Gasteiger partial charge in [0, 0.05) is 23.9 Å². The van der Waals surface area contributed by atoms with E-state index in [2.05, 4.69) is 15.5 Å². The Labute approximate surface area is 178 Å². The summed E-state index contributed by atoms with van der Waals surface area (Å²) in [5.41, 5.74) is 1.57. The van der Waals surface area contributed by atoms with Crippen LogP contribution in [0.25, 0.3) is 11.4 Å². The lowest BCUT2D eigenvalue weighted by Crippen LogP contribution is -2.22. The number of carbonyl (C=O) groups excluding carboxylic acids is 1. The number of nitrogens with one attached hydrogen (secondary N) is 1. The van der Waals surface area contributed by atoms with Crippen molar-refractivity contribution in [3.05, 3.63) is 42.5 Å². The molecule has 0 saturated carbocycles. The Kier molecular flexibility index (Phi) is 5.80.